The van der Waals surface area contributed by atoms with Gasteiger partial charge in [-0.05, 0) is 67.6 Å². The van der Waals surface area contributed by atoms with Crippen molar-refractivity contribution in [2.75, 3.05) is 5.32 Å². The number of ketones is 2. The van der Waals surface area contributed by atoms with E-state index in [1.54, 1.807) is 36.4 Å². The van der Waals surface area contributed by atoms with Gasteiger partial charge in [0.2, 0.25) is 0 Å². The molecule has 0 fully saturated rings. The van der Waals surface area contributed by atoms with Crippen LogP contribution in [-0.4, -0.2) is 29.5 Å². The van der Waals surface area contributed by atoms with Gasteiger partial charge < -0.3 is 10.1 Å². The van der Waals surface area contributed by atoms with Crippen molar-refractivity contribution in [2.45, 2.75) is 32.3 Å². The molecule has 3 aromatic carbocycles. The van der Waals surface area contributed by atoms with E-state index in [0.29, 0.717) is 27.9 Å². The van der Waals surface area contributed by atoms with E-state index in [2.05, 4.69) is 5.32 Å². The number of carbonyl (C=O) groups is 4. The Balaban J connectivity index is 1.29. The normalized spacial score (nSPS) is 14.7. The number of ether oxygens (including phenoxy) is 1. The zero-order valence-electron chi connectivity index (χ0n) is 18.0. The van der Waals surface area contributed by atoms with Crippen LogP contribution in [0.25, 0.3) is 0 Å². The van der Waals surface area contributed by atoms with Crippen molar-refractivity contribution in [1.29, 1.82) is 0 Å². The van der Waals surface area contributed by atoms with Gasteiger partial charge in [0, 0.05) is 27.9 Å². The van der Waals surface area contributed by atoms with E-state index in [1.807, 2.05) is 12.1 Å². The van der Waals surface area contributed by atoms with Crippen LogP contribution in [0, 0.1) is 0 Å². The summed E-state index contributed by atoms with van der Waals surface area (Å²) < 4.78 is 5.36. The Morgan fingerprint density at radius 2 is 1.48 bits per heavy atom. The minimum atomic E-state index is -1.04. The van der Waals surface area contributed by atoms with Gasteiger partial charge in [0.15, 0.2) is 17.7 Å². The average Bonchev–Trinajstić information content (AvgIpc) is 3.30. The Hall–Kier alpha value is -4.06. The number of hydrogen-bond acceptors (Lipinski definition) is 5. The lowest BCUT2D eigenvalue weighted by Crippen LogP contribution is -2.30. The van der Waals surface area contributed by atoms with Crippen LogP contribution in [0.5, 0.6) is 0 Å². The molecule has 3 aromatic rings. The van der Waals surface area contributed by atoms with Crippen LogP contribution in [0.15, 0.2) is 60.7 Å². The summed E-state index contributed by atoms with van der Waals surface area (Å²) in [6.45, 7) is 1.49. The Labute approximate surface area is 190 Å². The van der Waals surface area contributed by atoms with E-state index in [1.165, 1.54) is 24.6 Å². The summed E-state index contributed by atoms with van der Waals surface area (Å²) in [5.74, 6) is -1.59. The molecule has 6 nitrogen and oxygen atoms in total. The van der Waals surface area contributed by atoms with E-state index in [9.17, 15) is 19.2 Å². The molecule has 0 heterocycles. The van der Waals surface area contributed by atoms with Gasteiger partial charge in [0.05, 0.1) is 5.56 Å². The number of aryl methyl sites for hydroxylation is 2. The number of anilines is 1. The second kappa shape index (κ2) is 8.13. The zero-order chi connectivity index (χ0) is 23.1. The first-order chi connectivity index (χ1) is 15.9. The van der Waals surface area contributed by atoms with Crippen molar-refractivity contribution in [3.63, 3.8) is 0 Å². The average molecular weight is 439 g/mol. The first-order valence-electron chi connectivity index (χ1n) is 10.9. The van der Waals surface area contributed by atoms with Gasteiger partial charge in [-0.2, -0.15) is 0 Å². The van der Waals surface area contributed by atoms with E-state index >= 15 is 0 Å². The Morgan fingerprint density at radius 1 is 0.818 bits per heavy atom. The van der Waals surface area contributed by atoms with Crippen molar-refractivity contribution in [1.82, 2.24) is 0 Å². The largest absolute Gasteiger partial charge is 0.449 e. The third kappa shape index (κ3) is 3.74. The highest BCUT2D eigenvalue weighted by Crippen LogP contribution is 2.29. The van der Waals surface area contributed by atoms with Gasteiger partial charge >= 0.3 is 5.97 Å². The lowest BCUT2D eigenvalue weighted by atomic mass is 9.84. The van der Waals surface area contributed by atoms with Crippen LogP contribution in [0.2, 0.25) is 0 Å². The van der Waals surface area contributed by atoms with Gasteiger partial charge in [0.1, 0.15) is 0 Å². The molecule has 33 heavy (non-hydrogen) atoms. The standard InChI is InChI=1S/C27H21NO5/c1-15(33-27(32)18-10-9-16-5-4-6-17(16)13-18)26(31)28-19-11-12-22-23(14-19)25(30)21-8-3-2-7-20(21)24(22)29/h2-3,7-15H,4-6H2,1H3,(H,28,31). The number of rotatable bonds is 4. The van der Waals surface area contributed by atoms with Crippen molar-refractivity contribution in [3.8, 4) is 0 Å². The molecule has 5 rings (SSSR count). The summed E-state index contributed by atoms with van der Waals surface area (Å²) in [5.41, 5.74) is 4.42. The number of carbonyl (C=O) groups excluding carboxylic acids is 4. The SMILES string of the molecule is CC(OC(=O)c1ccc2c(c1)CCC2)C(=O)Nc1ccc2c(c1)C(=O)c1ccccc1C2=O. The van der Waals surface area contributed by atoms with Crippen molar-refractivity contribution >= 4 is 29.1 Å². The molecule has 1 amide bonds. The molecular formula is C27H21NO5. The summed E-state index contributed by atoms with van der Waals surface area (Å²) in [6.07, 6.45) is 1.99. The summed E-state index contributed by atoms with van der Waals surface area (Å²) in [4.78, 5) is 50.8. The smallest absolute Gasteiger partial charge is 0.338 e. The third-order valence-corrected chi connectivity index (χ3v) is 6.18. The number of hydrogen-bond donors (Lipinski definition) is 1. The second-order valence-corrected chi connectivity index (χ2v) is 8.34. The quantitative estimate of drug-likeness (QED) is 0.483. The van der Waals surface area contributed by atoms with E-state index < -0.39 is 18.0 Å². The van der Waals surface area contributed by atoms with Crippen LogP contribution < -0.4 is 5.32 Å². The molecule has 0 aromatic heterocycles. The molecule has 1 N–H and O–H groups in total. The van der Waals surface area contributed by atoms with Crippen molar-refractivity contribution in [2.24, 2.45) is 0 Å². The van der Waals surface area contributed by atoms with Crippen LogP contribution in [-0.2, 0) is 22.4 Å². The first-order valence-corrected chi connectivity index (χ1v) is 10.9. The molecule has 0 aliphatic heterocycles. The molecule has 1 unspecified atom stereocenters. The maximum Gasteiger partial charge on any atom is 0.338 e. The molecular weight excluding hydrogens is 418 g/mol. The fourth-order valence-electron chi connectivity index (χ4n) is 4.40. The van der Waals surface area contributed by atoms with Gasteiger partial charge in [-0.1, -0.05) is 30.3 Å². The van der Waals surface area contributed by atoms with E-state index in [-0.39, 0.29) is 17.1 Å². The molecule has 6 heteroatoms. The Kier molecular flexibility index (Phi) is 5.13. The van der Waals surface area contributed by atoms with Crippen LogP contribution in [0.1, 0.15) is 66.7 Å². The van der Waals surface area contributed by atoms with Gasteiger partial charge in [-0.25, -0.2) is 4.79 Å². The summed E-state index contributed by atoms with van der Waals surface area (Å²) in [5, 5.41) is 2.67. The maximum atomic E-state index is 12.9. The number of benzene rings is 3. The topological polar surface area (TPSA) is 89.5 Å². The van der Waals surface area contributed by atoms with Crippen LogP contribution in [0.3, 0.4) is 0 Å². The Bertz CT molecular complexity index is 1340. The third-order valence-electron chi connectivity index (χ3n) is 6.18. The van der Waals surface area contributed by atoms with Crippen LogP contribution in [0.4, 0.5) is 5.69 Å². The number of amides is 1. The monoisotopic (exact) mass is 439 g/mol. The molecule has 164 valence electrons. The van der Waals surface area contributed by atoms with Crippen molar-refractivity contribution < 1.29 is 23.9 Å². The molecule has 0 radical (unpaired) electrons. The number of esters is 1. The first kappa shape index (κ1) is 20.8. The second-order valence-electron chi connectivity index (χ2n) is 8.34. The van der Waals surface area contributed by atoms with Crippen molar-refractivity contribution in [3.05, 3.63) is 99.6 Å². The molecule has 2 aliphatic rings. The summed E-state index contributed by atoms with van der Waals surface area (Å²) >= 11 is 0. The van der Waals surface area contributed by atoms with Crippen LogP contribution >= 0.6 is 0 Å². The molecule has 0 bridgehead atoms. The fourth-order valence-corrected chi connectivity index (χ4v) is 4.40. The van der Waals surface area contributed by atoms with E-state index in [4.69, 9.17) is 4.74 Å². The molecule has 2 aliphatic carbocycles. The highest BCUT2D eigenvalue weighted by molar-refractivity contribution is 6.28. The van der Waals surface area contributed by atoms with Gasteiger partial charge in [-0.15, -0.1) is 0 Å². The van der Waals surface area contributed by atoms with Gasteiger partial charge in [0.25, 0.3) is 5.91 Å². The number of nitrogens with one attached hydrogen (secondary N) is 1. The fraction of sp³-hybridized carbons (Fsp3) is 0.185. The highest BCUT2D eigenvalue weighted by Gasteiger charge is 2.30. The minimum absolute atomic E-state index is 0.227. The summed E-state index contributed by atoms with van der Waals surface area (Å²) in [6, 6.07) is 16.7. The molecule has 0 saturated carbocycles. The maximum absolute atomic E-state index is 12.9. The summed E-state index contributed by atoms with van der Waals surface area (Å²) in [7, 11) is 0. The predicted octanol–water partition coefficient (Wildman–Crippen LogP) is 4.13. The molecule has 0 spiro atoms. The van der Waals surface area contributed by atoms with Gasteiger partial charge in [-0.3, -0.25) is 14.4 Å². The lowest BCUT2D eigenvalue weighted by Gasteiger charge is -2.19. The number of fused-ring (bicyclic) bond motifs is 3. The predicted molar refractivity (Wildman–Crippen MR) is 122 cm³/mol. The van der Waals surface area contributed by atoms with E-state index in [0.717, 1.165) is 24.8 Å². The zero-order valence-corrected chi connectivity index (χ0v) is 18.0. The lowest BCUT2D eigenvalue weighted by molar-refractivity contribution is -0.123. The minimum Gasteiger partial charge on any atom is -0.449 e. The Morgan fingerprint density at radius 3 is 2.24 bits per heavy atom. The molecule has 1 atom stereocenters. The highest BCUT2D eigenvalue weighted by atomic mass is 16.5. The molecule has 0 saturated heterocycles.